The van der Waals surface area contributed by atoms with E-state index in [1.165, 1.54) is 5.56 Å². The second kappa shape index (κ2) is 7.94. The highest BCUT2D eigenvalue weighted by Gasteiger charge is 2.15. The summed E-state index contributed by atoms with van der Waals surface area (Å²) >= 11 is 0. The van der Waals surface area contributed by atoms with Crippen molar-refractivity contribution in [3.05, 3.63) is 24.0 Å². The molecule has 0 spiro atoms. The van der Waals surface area contributed by atoms with Crippen molar-refractivity contribution < 1.29 is 9.53 Å². The fraction of sp³-hybridized carbons (Fsp3) is 0.667. The third-order valence-corrected chi connectivity index (χ3v) is 2.59. The van der Waals surface area contributed by atoms with Gasteiger partial charge < -0.3 is 19.9 Å². The zero-order valence-electron chi connectivity index (χ0n) is 13.0. The van der Waals surface area contributed by atoms with Gasteiger partial charge in [0.25, 0.3) is 0 Å². The van der Waals surface area contributed by atoms with Crippen LogP contribution in [0.4, 0.5) is 4.79 Å². The third kappa shape index (κ3) is 7.19. The van der Waals surface area contributed by atoms with Crippen LogP contribution in [-0.4, -0.2) is 29.4 Å². The second-order valence-electron chi connectivity index (χ2n) is 5.86. The average molecular weight is 281 g/mol. The highest BCUT2D eigenvalue weighted by atomic mass is 16.6. The number of aromatic nitrogens is 1. The van der Waals surface area contributed by atoms with Crippen LogP contribution in [0.2, 0.25) is 0 Å². The predicted molar refractivity (Wildman–Crippen MR) is 80.7 cm³/mol. The molecular formula is C15H27N3O2. The Kier molecular flexibility index (Phi) is 6.58. The zero-order valence-corrected chi connectivity index (χ0v) is 13.0. The number of aryl methyl sites for hydroxylation is 1. The molecule has 1 amide bonds. The van der Waals surface area contributed by atoms with Crippen LogP contribution in [0.15, 0.2) is 18.5 Å². The van der Waals surface area contributed by atoms with Crippen molar-refractivity contribution in [2.75, 3.05) is 13.1 Å². The number of carbonyl (C=O) groups excluding carboxylic acids is 1. The van der Waals surface area contributed by atoms with Gasteiger partial charge in [-0.15, -0.1) is 0 Å². The van der Waals surface area contributed by atoms with Crippen molar-refractivity contribution in [3.8, 4) is 0 Å². The van der Waals surface area contributed by atoms with Gasteiger partial charge >= 0.3 is 6.09 Å². The molecule has 5 nitrogen and oxygen atoms in total. The van der Waals surface area contributed by atoms with E-state index in [9.17, 15) is 4.79 Å². The van der Waals surface area contributed by atoms with Crippen LogP contribution in [0.3, 0.4) is 0 Å². The highest BCUT2D eigenvalue weighted by molar-refractivity contribution is 5.67. The van der Waals surface area contributed by atoms with Crippen LogP contribution >= 0.6 is 0 Å². The Bertz CT molecular complexity index is 407. The normalized spacial score (nSPS) is 11.4. The maximum Gasteiger partial charge on any atom is 0.407 e. The van der Waals surface area contributed by atoms with Crippen LogP contribution in [0.1, 0.15) is 39.7 Å². The summed E-state index contributed by atoms with van der Waals surface area (Å²) in [7, 11) is 0. The quantitative estimate of drug-likeness (QED) is 0.755. The van der Waals surface area contributed by atoms with Crippen LogP contribution in [0.25, 0.3) is 0 Å². The summed E-state index contributed by atoms with van der Waals surface area (Å²) in [6, 6.07) is 2.12. The maximum atomic E-state index is 11.4. The molecule has 0 radical (unpaired) electrons. The Morgan fingerprint density at radius 3 is 2.75 bits per heavy atom. The fourth-order valence-electron chi connectivity index (χ4n) is 1.79. The van der Waals surface area contributed by atoms with Crippen LogP contribution < -0.4 is 10.6 Å². The van der Waals surface area contributed by atoms with Gasteiger partial charge in [-0.2, -0.15) is 0 Å². The molecule has 1 rings (SSSR count). The second-order valence-corrected chi connectivity index (χ2v) is 5.86. The van der Waals surface area contributed by atoms with E-state index in [-0.39, 0.29) is 6.09 Å². The van der Waals surface area contributed by atoms with Crippen molar-refractivity contribution >= 4 is 6.09 Å². The molecule has 114 valence electrons. The lowest BCUT2D eigenvalue weighted by Crippen LogP contribution is -2.36. The van der Waals surface area contributed by atoms with Crippen LogP contribution in [0, 0.1) is 0 Å². The van der Waals surface area contributed by atoms with Gasteiger partial charge in [0.1, 0.15) is 5.60 Å². The lowest BCUT2D eigenvalue weighted by atomic mass is 10.2. The first-order valence-electron chi connectivity index (χ1n) is 7.23. The van der Waals surface area contributed by atoms with Gasteiger partial charge in [0.2, 0.25) is 0 Å². The van der Waals surface area contributed by atoms with Gasteiger partial charge in [-0.25, -0.2) is 4.79 Å². The molecule has 0 bridgehead atoms. The molecule has 0 aliphatic heterocycles. The number of nitrogens with one attached hydrogen (secondary N) is 2. The summed E-state index contributed by atoms with van der Waals surface area (Å²) in [6.07, 6.45) is 5.02. The molecule has 0 unspecified atom stereocenters. The lowest BCUT2D eigenvalue weighted by molar-refractivity contribution is 0.0528. The molecule has 0 saturated carbocycles. The smallest absolute Gasteiger partial charge is 0.407 e. The Balaban J connectivity index is 2.11. The van der Waals surface area contributed by atoms with Gasteiger partial charge in [-0.1, -0.05) is 6.92 Å². The fourth-order valence-corrected chi connectivity index (χ4v) is 1.79. The molecule has 1 aromatic rings. The number of alkyl carbamates (subject to hydrolysis) is 1. The molecule has 1 aromatic heterocycles. The number of rotatable bonds is 7. The molecule has 0 fully saturated rings. The van der Waals surface area contributed by atoms with Gasteiger partial charge in [0.15, 0.2) is 0 Å². The monoisotopic (exact) mass is 281 g/mol. The summed E-state index contributed by atoms with van der Waals surface area (Å²) < 4.78 is 7.34. The van der Waals surface area contributed by atoms with E-state index in [0.717, 1.165) is 26.1 Å². The van der Waals surface area contributed by atoms with Crippen molar-refractivity contribution in [2.24, 2.45) is 0 Å². The minimum Gasteiger partial charge on any atom is -0.444 e. The van der Waals surface area contributed by atoms with Gasteiger partial charge in [0.05, 0.1) is 0 Å². The van der Waals surface area contributed by atoms with E-state index in [1.807, 2.05) is 20.8 Å². The summed E-state index contributed by atoms with van der Waals surface area (Å²) in [4.78, 5) is 11.4. The predicted octanol–water partition coefficient (Wildman–Crippen LogP) is 2.51. The third-order valence-electron chi connectivity index (χ3n) is 2.59. The van der Waals surface area contributed by atoms with E-state index >= 15 is 0 Å². The first-order chi connectivity index (χ1) is 9.40. The first-order valence-corrected chi connectivity index (χ1v) is 7.23. The van der Waals surface area contributed by atoms with E-state index in [0.29, 0.717) is 6.54 Å². The highest BCUT2D eigenvalue weighted by Crippen LogP contribution is 2.06. The number of hydrogen-bond donors (Lipinski definition) is 2. The van der Waals surface area contributed by atoms with Crippen LogP contribution in [-0.2, 0) is 17.8 Å². The van der Waals surface area contributed by atoms with Crippen molar-refractivity contribution in [1.82, 2.24) is 15.2 Å². The summed E-state index contributed by atoms with van der Waals surface area (Å²) in [6.45, 7) is 10.9. The molecule has 0 saturated heterocycles. The Hall–Kier alpha value is -1.49. The molecule has 0 aliphatic carbocycles. The first kappa shape index (κ1) is 16.6. The minimum absolute atomic E-state index is 0.367. The Morgan fingerprint density at radius 2 is 2.10 bits per heavy atom. The topological polar surface area (TPSA) is 55.3 Å². The number of hydrogen-bond acceptors (Lipinski definition) is 3. The van der Waals surface area contributed by atoms with Gasteiger partial charge in [-0.05, 0) is 38.8 Å². The molecule has 0 atom stereocenters. The average Bonchev–Trinajstić information content (AvgIpc) is 2.74. The maximum absolute atomic E-state index is 11.4. The number of amides is 1. The summed E-state index contributed by atoms with van der Waals surface area (Å²) in [5, 5.41) is 6.01. The van der Waals surface area contributed by atoms with Crippen LogP contribution in [0.5, 0.6) is 0 Å². The molecule has 0 aliphatic rings. The van der Waals surface area contributed by atoms with E-state index in [4.69, 9.17) is 4.74 Å². The number of ether oxygens (including phenoxy) is 1. The Morgan fingerprint density at radius 1 is 1.35 bits per heavy atom. The van der Waals surface area contributed by atoms with Crippen molar-refractivity contribution in [2.45, 2.75) is 52.8 Å². The van der Waals surface area contributed by atoms with Gasteiger partial charge in [-0.3, -0.25) is 0 Å². The minimum atomic E-state index is -0.445. The molecular weight excluding hydrogens is 254 g/mol. The molecule has 20 heavy (non-hydrogen) atoms. The molecule has 2 N–H and O–H groups in total. The summed E-state index contributed by atoms with van der Waals surface area (Å²) in [5.74, 6) is 0. The molecule has 5 heteroatoms. The standard InChI is InChI=1S/C15H27N3O2/c1-5-9-18-10-6-13(12-18)11-16-7-8-17-14(19)20-15(2,3)4/h6,10,12,16H,5,7-9,11H2,1-4H3,(H,17,19). The lowest BCUT2D eigenvalue weighted by Gasteiger charge is -2.19. The van der Waals surface area contributed by atoms with E-state index < -0.39 is 5.60 Å². The van der Waals surface area contributed by atoms with E-state index in [2.05, 4.69) is 40.6 Å². The zero-order chi connectivity index (χ0) is 15.0. The SMILES string of the molecule is CCCn1ccc(CNCCNC(=O)OC(C)(C)C)c1. The van der Waals surface area contributed by atoms with E-state index in [1.54, 1.807) is 0 Å². The number of nitrogens with zero attached hydrogens (tertiary/aromatic N) is 1. The van der Waals surface area contributed by atoms with Crippen molar-refractivity contribution in [1.29, 1.82) is 0 Å². The van der Waals surface area contributed by atoms with Gasteiger partial charge in [0, 0.05) is 38.6 Å². The molecule has 0 aromatic carbocycles. The Labute approximate surface area is 121 Å². The largest absolute Gasteiger partial charge is 0.444 e. The van der Waals surface area contributed by atoms with Crippen molar-refractivity contribution in [3.63, 3.8) is 0 Å². The summed E-state index contributed by atoms with van der Waals surface area (Å²) in [5.41, 5.74) is 0.815. The molecule has 1 heterocycles. The number of carbonyl (C=O) groups is 1.